The average Bonchev–Trinajstić information content (AvgIpc) is 3.39. The molecule has 2 fully saturated rings. The zero-order valence-corrected chi connectivity index (χ0v) is 36.6. The van der Waals surface area contributed by atoms with Crippen LogP contribution in [0.15, 0.2) is 87.5 Å². The average molecular weight is 843 g/mol. The van der Waals surface area contributed by atoms with Gasteiger partial charge in [0.05, 0.1) is 11.2 Å². The van der Waals surface area contributed by atoms with Crippen molar-refractivity contribution in [1.29, 1.82) is 0 Å². The van der Waals surface area contributed by atoms with Crippen LogP contribution in [0.2, 0.25) is 0 Å². The number of Topliss-reactive ketones (excluding diaryl/α,β-unsaturated/α-hetero) is 1. The first-order valence-corrected chi connectivity index (χ1v) is 22.1. The third-order valence-electron chi connectivity index (χ3n) is 9.95. The fourth-order valence-electron chi connectivity index (χ4n) is 7.37. The molecule has 0 aliphatic heterocycles. The molecule has 5 rings (SSSR count). The van der Waals surface area contributed by atoms with Crippen molar-refractivity contribution < 1.29 is 59.6 Å². The van der Waals surface area contributed by atoms with Crippen LogP contribution in [-0.4, -0.2) is 55.2 Å². The van der Waals surface area contributed by atoms with Gasteiger partial charge in [-0.2, -0.15) is 8.42 Å². The van der Waals surface area contributed by atoms with Gasteiger partial charge in [-0.25, -0.2) is 18.0 Å². The molecule has 2 atom stereocenters. The van der Waals surface area contributed by atoms with E-state index >= 15 is 0 Å². The van der Waals surface area contributed by atoms with Gasteiger partial charge in [-0.3, -0.25) is 4.79 Å². The quantitative estimate of drug-likeness (QED) is 0.108. The van der Waals surface area contributed by atoms with Crippen molar-refractivity contribution in [2.24, 2.45) is 16.7 Å². The molecule has 0 N–H and O–H groups in total. The number of ether oxygens (including phenoxy) is 6. The van der Waals surface area contributed by atoms with Gasteiger partial charge in [-0.05, 0) is 151 Å². The Morgan fingerprint density at radius 2 is 1.00 bits per heavy atom. The van der Waals surface area contributed by atoms with Crippen LogP contribution in [0.25, 0.3) is 0 Å². The molecule has 2 bridgehead atoms. The number of rotatable bonds is 10. The minimum Gasteiger partial charge on any atom is -0.428 e. The van der Waals surface area contributed by atoms with E-state index in [0.29, 0.717) is 12.8 Å². The van der Waals surface area contributed by atoms with Gasteiger partial charge in [0, 0.05) is 21.1 Å². The maximum Gasteiger partial charge on any atom is 0.514 e. The molecule has 3 aromatic carbocycles. The highest BCUT2D eigenvalue weighted by molar-refractivity contribution is 8.33. The highest BCUT2D eigenvalue weighted by Crippen LogP contribution is 2.72. The first-order valence-electron chi connectivity index (χ1n) is 19.0. The maximum atomic E-state index is 14.9. The van der Waals surface area contributed by atoms with E-state index in [1.54, 1.807) is 98.7 Å². The third-order valence-corrected chi connectivity index (χ3v) is 15.2. The van der Waals surface area contributed by atoms with Crippen LogP contribution in [0.3, 0.4) is 0 Å². The molecule has 0 heterocycles. The monoisotopic (exact) mass is 842 g/mol. The van der Waals surface area contributed by atoms with Crippen molar-refractivity contribution in [3.63, 3.8) is 0 Å². The van der Waals surface area contributed by atoms with E-state index in [0.717, 1.165) is 0 Å². The number of ketones is 1. The molecule has 316 valence electrons. The zero-order chi connectivity index (χ0) is 43.1. The lowest BCUT2D eigenvalue weighted by Gasteiger charge is -2.41. The van der Waals surface area contributed by atoms with Crippen molar-refractivity contribution in [2.75, 3.05) is 5.75 Å². The highest BCUT2D eigenvalue weighted by atomic mass is 32.3. The molecule has 2 aliphatic carbocycles. The first-order chi connectivity index (χ1) is 26.6. The lowest BCUT2D eigenvalue weighted by molar-refractivity contribution is -0.128. The van der Waals surface area contributed by atoms with Crippen LogP contribution in [0.5, 0.6) is 17.2 Å². The van der Waals surface area contributed by atoms with Gasteiger partial charge >= 0.3 is 18.5 Å². The zero-order valence-electron chi connectivity index (χ0n) is 35.0. The summed E-state index contributed by atoms with van der Waals surface area (Å²) < 4.78 is 69.4. The smallest absolute Gasteiger partial charge is 0.428 e. The number of hydrogen-bond donors (Lipinski definition) is 0. The van der Waals surface area contributed by atoms with E-state index in [2.05, 4.69) is 0 Å². The minimum atomic E-state index is -4.68. The number of hydrogen-bond acceptors (Lipinski definition) is 13. The number of fused-ring (bicyclic) bond motifs is 2. The van der Waals surface area contributed by atoms with Crippen LogP contribution < -0.4 is 14.2 Å². The van der Waals surface area contributed by atoms with E-state index in [-0.39, 0.29) is 50.1 Å². The molecule has 15 heteroatoms. The Hall–Kier alpha value is -4.60. The first kappa shape index (κ1) is 44.5. The second kappa shape index (κ2) is 15.9. The topological polar surface area (TPSA) is 167 Å². The summed E-state index contributed by atoms with van der Waals surface area (Å²) in [5, 5.41) is 0. The second-order valence-electron chi connectivity index (χ2n) is 18.1. The molecule has 0 saturated heterocycles. The van der Waals surface area contributed by atoms with Gasteiger partial charge < -0.3 is 28.4 Å². The molecule has 0 radical (unpaired) electrons. The summed E-state index contributed by atoms with van der Waals surface area (Å²) >= 11 is 0. The predicted octanol–water partition coefficient (Wildman–Crippen LogP) is 10.6. The molecule has 2 unspecified atom stereocenters. The fourth-order valence-corrected chi connectivity index (χ4v) is 13.5. The lowest BCUT2D eigenvalue weighted by atomic mass is 9.70. The molecule has 2 saturated carbocycles. The second-order valence-corrected chi connectivity index (χ2v) is 22.6. The summed E-state index contributed by atoms with van der Waals surface area (Å²) in [5.41, 5.74) is -4.47. The molecule has 2 aliphatic rings. The summed E-state index contributed by atoms with van der Waals surface area (Å²) in [6, 6.07) is 18.3. The molecule has 3 aromatic rings. The molecule has 0 amide bonds. The minimum absolute atomic E-state index is 0.00345. The Bertz CT molecular complexity index is 2000. The fraction of sp³-hybridized carbons (Fsp3) is 0.488. The van der Waals surface area contributed by atoms with E-state index in [1.807, 2.05) is 13.8 Å². The van der Waals surface area contributed by atoms with Gasteiger partial charge in [0.25, 0.3) is 10.1 Å². The van der Waals surface area contributed by atoms with Gasteiger partial charge in [-0.1, -0.05) is 32.0 Å². The summed E-state index contributed by atoms with van der Waals surface area (Å²) in [5.74, 6) is -0.719. The number of benzene rings is 3. The summed E-state index contributed by atoms with van der Waals surface area (Å²) in [4.78, 5) is 53.0. The molecular weight excluding hydrogens is 789 g/mol. The van der Waals surface area contributed by atoms with Crippen molar-refractivity contribution in [2.45, 2.75) is 127 Å². The standard InChI is InChI=1S/C43H54O13S2/c1-39(2,3)53-36(45)50-29-15-12-18-32(24-29)58(33-19-13-16-30(25-33)51-37(46)54-40(4,5)6,34-20-14-17-31(26-34)52-38(47)55-41(7,8)9)56-57(48,49)27-43-22-21-28(23-35(43)44)42(43,10)11/h12-20,24-26,28H,21-23,27H2,1-11H3. The van der Waals surface area contributed by atoms with E-state index < -0.39 is 72.3 Å². The molecule has 13 nitrogen and oxygen atoms in total. The Labute approximate surface area is 342 Å². The third kappa shape index (κ3) is 10.2. The van der Waals surface area contributed by atoms with Gasteiger partial charge in [-0.15, -0.1) is 0 Å². The van der Waals surface area contributed by atoms with Crippen molar-refractivity contribution in [1.82, 2.24) is 0 Å². The SMILES string of the molecule is CC(C)(C)OC(=O)Oc1cccc(S(OS(=O)(=O)CC23CCC(CC2=O)C3(C)C)(c2cccc(OC(=O)OC(C)(C)C)c2)c2cccc(OC(=O)OC(C)(C)C)c2)c1. The van der Waals surface area contributed by atoms with Crippen LogP contribution in [-0.2, 0) is 32.8 Å². The summed E-state index contributed by atoms with van der Waals surface area (Å²) in [7, 11) is -8.26. The van der Waals surface area contributed by atoms with Gasteiger partial charge in [0.1, 0.15) is 39.8 Å². The van der Waals surface area contributed by atoms with Crippen LogP contribution in [0.4, 0.5) is 14.4 Å². The summed E-state index contributed by atoms with van der Waals surface area (Å²) in [6.07, 6.45) is -1.65. The molecule has 0 aromatic heterocycles. The van der Waals surface area contributed by atoms with Crippen LogP contribution >= 0.6 is 10.3 Å². The highest BCUT2D eigenvalue weighted by Gasteiger charge is 2.66. The van der Waals surface area contributed by atoms with Crippen LogP contribution in [0.1, 0.15) is 95.4 Å². The Morgan fingerprint density at radius 3 is 1.29 bits per heavy atom. The molecule has 0 spiro atoms. The van der Waals surface area contributed by atoms with Crippen molar-refractivity contribution in [3.8, 4) is 17.2 Å². The number of carbonyl (C=O) groups is 4. The number of carbonyl (C=O) groups excluding carboxylic acids is 4. The Balaban J connectivity index is 1.75. The Morgan fingerprint density at radius 1 is 0.638 bits per heavy atom. The van der Waals surface area contributed by atoms with Crippen LogP contribution in [0, 0.1) is 16.7 Å². The van der Waals surface area contributed by atoms with Gasteiger partial charge in [0.15, 0.2) is 0 Å². The predicted molar refractivity (Wildman–Crippen MR) is 216 cm³/mol. The van der Waals surface area contributed by atoms with E-state index in [9.17, 15) is 27.6 Å². The largest absolute Gasteiger partial charge is 0.514 e. The van der Waals surface area contributed by atoms with Gasteiger partial charge in [0.2, 0.25) is 0 Å². The summed E-state index contributed by atoms with van der Waals surface area (Å²) in [6.45, 7) is 19.0. The maximum absolute atomic E-state index is 14.9. The normalized spacial score (nSPS) is 19.6. The van der Waals surface area contributed by atoms with Crippen molar-refractivity contribution >= 4 is 44.7 Å². The Kier molecular flexibility index (Phi) is 12.2. The lowest BCUT2D eigenvalue weighted by Crippen LogP contribution is -2.42. The van der Waals surface area contributed by atoms with E-state index in [1.165, 1.54) is 36.4 Å². The van der Waals surface area contributed by atoms with E-state index in [4.69, 9.17) is 32.1 Å². The molecular formula is C43H54O13S2. The van der Waals surface area contributed by atoms with Crippen molar-refractivity contribution in [3.05, 3.63) is 72.8 Å². The molecule has 58 heavy (non-hydrogen) atoms.